The van der Waals surface area contributed by atoms with Gasteiger partial charge in [0.05, 0.1) is 0 Å². The lowest BCUT2D eigenvalue weighted by atomic mass is 9.89. The third-order valence-corrected chi connectivity index (χ3v) is 4.71. The molecule has 21 heavy (non-hydrogen) atoms. The summed E-state index contributed by atoms with van der Waals surface area (Å²) in [5.74, 6) is -0.762. The SMILES string of the molecule is Cc1ccc(C)c2c1CN([C@]1(C)CCC(=O)NC1=O)C2=O. The van der Waals surface area contributed by atoms with Crippen LogP contribution in [0.5, 0.6) is 0 Å². The van der Waals surface area contributed by atoms with Gasteiger partial charge in [-0.25, -0.2) is 0 Å². The molecule has 1 aromatic rings. The summed E-state index contributed by atoms with van der Waals surface area (Å²) in [6.07, 6.45) is 0.635. The van der Waals surface area contributed by atoms with Crippen molar-refractivity contribution in [2.24, 2.45) is 0 Å². The fourth-order valence-corrected chi connectivity index (χ4v) is 3.19. The number of piperidine rings is 1. The predicted octanol–water partition coefficient (Wildman–Crippen LogP) is 1.45. The number of carbonyl (C=O) groups is 3. The molecule has 1 N–H and O–H groups in total. The van der Waals surface area contributed by atoms with Gasteiger partial charge in [0.15, 0.2) is 0 Å². The van der Waals surface area contributed by atoms with E-state index >= 15 is 0 Å². The van der Waals surface area contributed by atoms with E-state index in [1.165, 1.54) is 0 Å². The fourth-order valence-electron chi connectivity index (χ4n) is 3.19. The lowest BCUT2D eigenvalue weighted by Gasteiger charge is -2.39. The number of carbonyl (C=O) groups excluding carboxylic acids is 3. The maximum Gasteiger partial charge on any atom is 0.255 e. The molecule has 3 rings (SSSR count). The smallest absolute Gasteiger partial charge is 0.255 e. The second kappa shape index (κ2) is 4.41. The van der Waals surface area contributed by atoms with Gasteiger partial charge in [0.1, 0.15) is 5.54 Å². The Morgan fingerprint density at radius 2 is 1.81 bits per heavy atom. The number of fused-ring (bicyclic) bond motifs is 1. The van der Waals surface area contributed by atoms with Gasteiger partial charge >= 0.3 is 0 Å². The first-order chi connectivity index (χ1) is 9.84. The number of nitrogens with zero attached hydrogens (tertiary/aromatic N) is 1. The molecule has 0 aromatic heterocycles. The van der Waals surface area contributed by atoms with Gasteiger partial charge in [-0.05, 0) is 43.9 Å². The van der Waals surface area contributed by atoms with Crippen LogP contribution in [0.2, 0.25) is 0 Å². The van der Waals surface area contributed by atoms with Gasteiger partial charge in [0, 0.05) is 18.5 Å². The lowest BCUT2D eigenvalue weighted by molar-refractivity contribution is -0.142. The number of aryl methyl sites for hydroxylation is 2. The summed E-state index contributed by atoms with van der Waals surface area (Å²) in [5.41, 5.74) is 2.73. The van der Waals surface area contributed by atoms with E-state index in [-0.39, 0.29) is 24.1 Å². The highest BCUT2D eigenvalue weighted by molar-refractivity contribution is 6.07. The molecule has 0 saturated carbocycles. The zero-order valence-electron chi connectivity index (χ0n) is 12.4. The van der Waals surface area contributed by atoms with E-state index in [0.717, 1.165) is 16.7 Å². The Bertz CT molecular complexity index is 680. The van der Waals surface area contributed by atoms with Crippen molar-refractivity contribution < 1.29 is 14.4 Å². The quantitative estimate of drug-likeness (QED) is 0.795. The third kappa shape index (κ3) is 1.87. The molecule has 1 saturated heterocycles. The van der Waals surface area contributed by atoms with Crippen molar-refractivity contribution in [1.29, 1.82) is 0 Å². The van der Waals surface area contributed by atoms with Crippen molar-refractivity contribution in [3.8, 4) is 0 Å². The lowest BCUT2D eigenvalue weighted by Crippen LogP contribution is -2.61. The first kappa shape index (κ1) is 13.8. The molecule has 0 spiro atoms. The molecule has 0 unspecified atom stereocenters. The minimum absolute atomic E-state index is 0.113. The molecule has 110 valence electrons. The minimum atomic E-state index is -0.955. The Labute approximate surface area is 123 Å². The second-order valence-corrected chi connectivity index (χ2v) is 6.10. The number of imide groups is 1. The van der Waals surface area contributed by atoms with Crippen LogP contribution in [0.15, 0.2) is 12.1 Å². The second-order valence-electron chi connectivity index (χ2n) is 6.10. The monoisotopic (exact) mass is 286 g/mol. The van der Waals surface area contributed by atoms with Crippen LogP contribution in [0.4, 0.5) is 0 Å². The molecule has 5 nitrogen and oxygen atoms in total. The van der Waals surface area contributed by atoms with Gasteiger partial charge in [-0.1, -0.05) is 12.1 Å². The van der Waals surface area contributed by atoms with Crippen LogP contribution in [0.3, 0.4) is 0 Å². The van der Waals surface area contributed by atoms with Crippen LogP contribution in [0.25, 0.3) is 0 Å². The number of nitrogens with one attached hydrogen (secondary N) is 1. The standard InChI is InChI=1S/C16H18N2O3/c1-9-4-5-10(2)13-11(9)8-18(14(13)20)16(3)7-6-12(19)17-15(16)21/h4-5H,6-8H2,1-3H3,(H,17,19,21)/t16-/m1/s1. The van der Waals surface area contributed by atoms with E-state index in [1.54, 1.807) is 11.8 Å². The summed E-state index contributed by atoms with van der Waals surface area (Å²) >= 11 is 0. The van der Waals surface area contributed by atoms with Crippen molar-refractivity contribution in [1.82, 2.24) is 10.2 Å². The Hall–Kier alpha value is -2.17. The van der Waals surface area contributed by atoms with Crippen LogP contribution in [0, 0.1) is 13.8 Å². The fraction of sp³-hybridized carbons (Fsp3) is 0.438. The van der Waals surface area contributed by atoms with Gasteiger partial charge in [-0.3, -0.25) is 19.7 Å². The van der Waals surface area contributed by atoms with Crippen molar-refractivity contribution in [2.75, 3.05) is 0 Å². The first-order valence-corrected chi connectivity index (χ1v) is 7.10. The number of rotatable bonds is 1. The van der Waals surface area contributed by atoms with Gasteiger partial charge in [0.2, 0.25) is 5.91 Å². The van der Waals surface area contributed by atoms with Crippen molar-refractivity contribution in [2.45, 2.75) is 45.7 Å². The number of amides is 3. The molecule has 3 amide bonds. The molecule has 0 radical (unpaired) electrons. The summed E-state index contributed by atoms with van der Waals surface area (Å²) in [4.78, 5) is 38.0. The highest BCUT2D eigenvalue weighted by atomic mass is 16.2. The van der Waals surface area contributed by atoms with Gasteiger partial charge in [-0.15, -0.1) is 0 Å². The van der Waals surface area contributed by atoms with E-state index in [9.17, 15) is 14.4 Å². The summed E-state index contributed by atoms with van der Waals surface area (Å²) < 4.78 is 0. The molecule has 2 aliphatic rings. The van der Waals surface area contributed by atoms with Gasteiger partial charge < -0.3 is 4.90 Å². The summed E-state index contributed by atoms with van der Waals surface area (Å²) in [6.45, 7) is 6.05. The Morgan fingerprint density at radius 3 is 2.43 bits per heavy atom. The zero-order chi connectivity index (χ0) is 15.4. The first-order valence-electron chi connectivity index (χ1n) is 7.10. The summed E-state index contributed by atoms with van der Waals surface area (Å²) in [7, 11) is 0. The number of hydrogen-bond donors (Lipinski definition) is 1. The van der Waals surface area contributed by atoms with E-state index in [2.05, 4.69) is 5.32 Å². The van der Waals surface area contributed by atoms with Gasteiger partial charge in [0.25, 0.3) is 11.8 Å². The van der Waals surface area contributed by atoms with E-state index in [1.807, 2.05) is 26.0 Å². The average molecular weight is 286 g/mol. The maximum absolute atomic E-state index is 12.8. The Balaban J connectivity index is 2.02. The molecule has 2 heterocycles. The molecule has 1 atom stereocenters. The zero-order valence-corrected chi connectivity index (χ0v) is 12.4. The van der Waals surface area contributed by atoms with Crippen LogP contribution in [-0.4, -0.2) is 28.2 Å². The van der Waals surface area contributed by atoms with E-state index in [4.69, 9.17) is 0 Å². The molecule has 1 fully saturated rings. The molecule has 1 aromatic carbocycles. The van der Waals surface area contributed by atoms with Crippen LogP contribution in [-0.2, 0) is 16.1 Å². The van der Waals surface area contributed by atoms with E-state index in [0.29, 0.717) is 18.5 Å². The molecular weight excluding hydrogens is 268 g/mol. The Kier molecular flexibility index (Phi) is 2.90. The van der Waals surface area contributed by atoms with Crippen LogP contribution in [0.1, 0.15) is 46.8 Å². The van der Waals surface area contributed by atoms with Crippen molar-refractivity contribution in [3.05, 3.63) is 34.4 Å². The number of hydrogen-bond acceptors (Lipinski definition) is 3. The van der Waals surface area contributed by atoms with E-state index < -0.39 is 5.54 Å². The highest BCUT2D eigenvalue weighted by Gasteiger charge is 2.48. The molecule has 2 aliphatic heterocycles. The van der Waals surface area contributed by atoms with Gasteiger partial charge in [-0.2, -0.15) is 0 Å². The van der Waals surface area contributed by atoms with Crippen LogP contribution < -0.4 is 5.32 Å². The normalized spacial score (nSPS) is 25.1. The van der Waals surface area contributed by atoms with Crippen LogP contribution >= 0.6 is 0 Å². The van der Waals surface area contributed by atoms with Crippen molar-refractivity contribution in [3.63, 3.8) is 0 Å². The summed E-state index contributed by atoms with van der Waals surface area (Å²) in [6, 6.07) is 3.93. The molecule has 0 aliphatic carbocycles. The summed E-state index contributed by atoms with van der Waals surface area (Å²) in [5, 5.41) is 2.35. The molecule has 0 bridgehead atoms. The largest absolute Gasteiger partial charge is 0.320 e. The predicted molar refractivity (Wildman–Crippen MR) is 76.6 cm³/mol. The van der Waals surface area contributed by atoms with Crippen molar-refractivity contribution >= 4 is 17.7 Å². The minimum Gasteiger partial charge on any atom is -0.320 e. The molecule has 5 heteroatoms. The topological polar surface area (TPSA) is 66.5 Å². The third-order valence-electron chi connectivity index (χ3n) is 4.71. The molecular formula is C16H18N2O3. The average Bonchev–Trinajstić information content (AvgIpc) is 2.79. The number of benzene rings is 1. The highest BCUT2D eigenvalue weighted by Crippen LogP contribution is 2.36. The maximum atomic E-state index is 12.8. The Morgan fingerprint density at radius 1 is 1.14 bits per heavy atom.